The summed E-state index contributed by atoms with van der Waals surface area (Å²) in [4.78, 5) is 5.78. The van der Waals surface area contributed by atoms with E-state index in [0.717, 1.165) is 23.1 Å². The maximum atomic E-state index is 4.52. The average Bonchev–Trinajstić information content (AvgIpc) is 2.84. The van der Waals surface area contributed by atoms with Crippen LogP contribution >= 0.6 is 23.3 Å². The van der Waals surface area contributed by atoms with Gasteiger partial charge in [-0.15, -0.1) is 0 Å². The molecule has 1 heterocycles. The molecule has 0 unspecified atom stereocenters. The van der Waals surface area contributed by atoms with Gasteiger partial charge in [0.1, 0.15) is 5.82 Å². The second-order valence-electron chi connectivity index (χ2n) is 5.64. The first-order valence-electron chi connectivity index (χ1n) is 6.81. The van der Waals surface area contributed by atoms with Crippen molar-refractivity contribution in [1.29, 1.82) is 0 Å². The predicted molar refractivity (Wildman–Crippen MR) is 86.4 cm³/mol. The summed E-state index contributed by atoms with van der Waals surface area (Å²) in [6.45, 7) is 9.49. The highest BCUT2D eigenvalue weighted by atomic mass is 32.2. The highest BCUT2D eigenvalue weighted by Gasteiger charge is 2.12. The molecule has 0 saturated heterocycles. The molecule has 0 fully saturated rings. The Balaban J connectivity index is 2.11. The Morgan fingerprint density at radius 1 is 1.25 bits per heavy atom. The summed E-state index contributed by atoms with van der Waals surface area (Å²) >= 11 is 3.19. The van der Waals surface area contributed by atoms with Crippen LogP contribution in [-0.2, 0) is 13.0 Å². The summed E-state index contributed by atoms with van der Waals surface area (Å²) in [6, 6.07) is 8.48. The second-order valence-corrected chi connectivity index (χ2v) is 7.68. The summed E-state index contributed by atoms with van der Waals surface area (Å²) < 4.78 is 5.36. The molecule has 3 nitrogen and oxygen atoms in total. The molecule has 0 atom stereocenters. The van der Waals surface area contributed by atoms with Gasteiger partial charge < -0.3 is 5.32 Å². The largest absolute Gasteiger partial charge is 0.308 e. The number of aryl methyl sites for hydroxylation is 1. The fourth-order valence-corrected chi connectivity index (χ4v) is 3.41. The van der Waals surface area contributed by atoms with Crippen molar-refractivity contribution in [3.63, 3.8) is 0 Å². The summed E-state index contributed by atoms with van der Waals surface area (Å²) in [5, 5.41) is 3.53. The van der Waals surface area contributed by atoms with Crippen molar-refractivity contribution >= 4 is 23.3 Å². The lowest BCUT2D eigenvalue weighted by Gasteiger charge is -2.21. The fourth-order valence-electron chi connectivity index (χ4n) is 1.63. The third-order valence-electron chi connectivity index (χ3n) is 2.74. The van der Waals surface area contributed by atoms with Crippen molar-refractivity contribution in [2.24, 2.45) is 0 Å². The Hall–Kier alpha value is -0.910. The lowest BCUT2D eigenvalue weighted by molar-refractivity contribution is 0.422. The number of nitrogens with one attached hydrogen (secondary N) is 1. The summed E-state index contributed by atoms with van der Waals surface area (Å²) in [5.74, 6) is 0.933. The van der Waals surface area contributed by atoms with Crippen molar-refractivity contribution in [3.05, 3.63) is 35.7 Å². The summed E-state index contributed by atoms with van der Waals surface area (Å²) in [6.07, 6.45) is 0.893. The quantitative estimate of drug-likeness (QED) is 0.901. The zero-order chi connectivity index (χ0) is 14.6. The van der Waals surface area contributed by atoms with Crippen LogP contribution in [-0.4, -0.2) is 14.9 Å². The molecule has 0 aliphatic carbocycles. The van der Waals surface area contributed by atoms with Crippen LogP contribution in [0, 0.1) is 0 Å². The van der Waals surface area contributed by atoms with E-state index in [9.17, 15) is 0 Å². The van der Waals surface area contributed by atoms with E-state index in [2.05, 4.69) is 66.6 Å². The molecule has 2 rings (SSSR count). The Kier molecular flexibility index (Phi) is 5.18. The minimum absolute atomic E-state index is 0.121. The van der Waals surface area contributed by atoms with Crippen LogP contribution in [0.1, 0.15) is 39.1 Å². The molecule has 2 aromatic rings. The van der Waals surface area contributed by atoms with Gasteiger partial charge in [-0.05, 0) is 43.9 Å². The third-order valence-corrected chi connectivity index (χ3v) is 4.65. The molecular formula is C15H21N3S2. The Labute approximate surface area is 129 Å². The van der Waals surface area contributed by atoms with Crippen molar-refractivity contribution in [3.8, 4) is 0 Å². The number of nitrogens with zero attached hydrogens (tertiary/aromatic N) is 2. The van der Waals surface area contributed by atoms with Crippen LogP contribution in [0.5, 0.6) is 0 Å². The minimum atomic E-state index is 0.121. The van der Waals surface area contributed by atoms with E-state index in [0.29, 0.717) is 0 Å². The van der Waals surface area contributed by atoms with E-state index >= 15 is 0 Å². The van der Waals surface area contributed by atoms with Crippen molar-refractivity contribution in [2.45, 2.75) is 55.4 Å². The number of hydrogen-bond donors (Lipinski definition) is 1. The van der Waals surface area contributed by atoms with Crippen molar-refractivity contribution in [1.82, 2.24) is 14.7 Å². The van der Waals surface area contributed by atoms with Crippen LogP contribution in [0.3, 0.4) is 0 Å². The average molecular weight is 307 g/mol. The molecule has 0 saturated carbocycles. The molecule has 20 heavy (non-hydrogen) atoms. The van der Waals surface area contributed by atoms with Gasteiger partial charge in [-0.1, -0.05) is 36.9 Å². The maximum absolute atomic E-state index is 4.52. The smallest absolute Gasteiger partial charge is 0.174 e. The van der Waals surface area contributed by atoms with Crippen LogP contribution in [0.15, 0.2) is 33.5 Å². The van der Waals surface area contributed by atoms with Gasteiger partial charge >= 0.3 is 0 Å². The normalized spacial score (nSPS) is 11.8. The second kappa shape index (κ2) is 6.70. The van der Waals surface area contributed by atoms with E-state index in [1.165, 1.54) is 22.0 Å². The first-order valence-corrected chi connectivity index (χ1v) is 8.40. The summed E-state index contributed by atoms with van der Waals surface area (Å²) in [5.41, 5.74) is 1.43. The molecule has 1 aromatic carbocycles. The van der Waals surface area contributed by atoms with E-state index in [1.807, 2.05) is 0 Å². The SMILES string of the molecule is CCc1nsc(Sc2ccccc2CNC(C)(C)C)n1. The fraction of sp³-hybridized carbons (Fsp3) is 0.467. The third kappa shape index (κ3) is 4.58. The van der Waals surface area contributed by atoms with E-state index < -0.39 is 0 Å². The van der Waals surface area contributed by atoms with Gasteiger partial charge in [0, 0.05) is 23.4 Å². The number of aromatic nitrogens is 2. The minimum Gasteiger partial charge on any atom is -0.308 e. The lowest BCUT2D eigenvalue weighted by atomic mass is 10.1. The molecule has 5 heteroatoms. The standard InChI is InChI=1S/C15H21N3S2/c1-5-13-17-14(20-18-13)19-12-9-7-6-8-11(12)10-16-15(2,3)4/h6-9,16H,5,10H2,1-4H3. The number of rotatable bonds is 5. The predicted octanol–water partition coefficient (Wildman–Crippen LogP) is 4.14. The molecular weight excluding hydrogens is 286 g/mol. The molecule has 0 aliphatic rings. The number of hydrogen-bond acceptors (Lipinski definition) is 5. The van der Waals surface area contributed by atoms with Crippen molar-refractivity contribution in [2.75, 3.05) is 0 Å². The molecule has 0 spiro atoms. The van der Waals surface area contributed by atoms with Crippen LogP contribution in [0.2, 0.25) is 0 Å². The zero-order valence-electron chi connectivity index (χ0n) is 12.4. The Bertz CT molecular complexity index is 558. The van der Waals surface area contributed by atoms with Gasteiger partial charge in [0.05, 0.1) is 0 Å². The van der Waals surface area contributed by atoms with Gasteiger partial charge in [-0.3, -0.25) is 0 Å². The van der Waals surface area contributed by atoms with Crippen molar-refractivity contribution < 1.29 is 0 Å². The van der Waals surface area contributed by atoms with Crippen LogP contribution < -0.4 is 5.32 Å². The zero-order valence-corrected chi connectivity index (χ0v) is 14.1. The Morgan fingerprint density at radius 3 is 2.65 bits per heavy atom. The topological polar surface area (TPSA) is 37.8 Å². The molecule has 0 radical (unpaired) electrons. The lowest BCUT2D eigenvalue weighted by Crippen LogP contribution is -2.35. The highest BCUT2D eigenvalue weighted by Crippen LogP contribution is 2.31. The molecule has 1 aromatic heterocycles. The number of benzene rings is 1. The molecule has 0 bridgehead atoms. The van der Waals surface area contributed by atoms with E-state index in [1.54, 1.807) is 11.8 Å². The van der Waals surface area contributed by atoms with E-state index in [4.69, 9.17) is 0 Å². The van der Waals surface area contributed by atoms with Gasteiger partial charge in [-0.25, -0.2) is 4.98 Å². The van der Waals surface area contributed by atoms with Gasteiger partial charge in [-0.2, -0.15) is 4.37 Å². The first-order chi connectivity index (χ1) is 9.48. The van der Waals surface area contributed by atoms with Gasteiger partial charge in [0.15, 0.2) is 4.34 Å². The van der Waals surface area contributed by atoms with Crippen LogP contribution in [0.25, 0.3) is 0 Å². The van der Waals surface area contributed by atoms with E-state index in [-0.39, 0.29) is 5.54 Å². The molecule has 108 valence electrons. The Morgan fingerprint density at radius 2 is 2.00 bits per heavy atom. The van der Waals surface area contributed by atoms with Gasteiger partial charge in [0.25, 0.3) is 0 Å². The van der Waals surface area contributed by atoms with Gasteiger partial charge in [0.2, 0.25) is 0 Å². The molecule has 0 amide bonds. The first kappa shape index (κ1) is 15.5. The molecule has 0 aliphatic heterocycles. The summed E-state index contributed by atoms with van der Waals surface area (Å²) in [7, 11) is 0. The monoisotopic (exact) mass is 307 g/mol. The highest BCUT2D eigenvalue weighted by molar-refractivity contribution is 8.01. The van der Waals surface area contributed by atoms with Crippen LogP contribution in [0.4, 0.5) is 0 Å². The maximum Gasteiger partial charge on any atom is 0.174 e. The molecule has 1 N–H and O–H groups in total.